The van der Waals surface area contributed by atoms with E-state index in [1.54, 1.807) is 20.4 Å². The Kier molecular flexibility index (Phi) is 5.57. The van der Waals surface area contributed by atoms with E-state index in [-0.39, 0.29) is 5.91 Å². The zero-order valence-corrected chi connectivity index (χ0v) is 16.7. The lowest BCUT2D eigenvalue weighted by Crippen LogP contribution is -2.48. The van der Waals surface area contributed by atoms with Crippen LogP contribution in [0.2, 0.25) is 0 Å². The SMILES string of the molecule is COc1ccc(OC)c(CN2CCN(C(=O)c3cnc4ccccc4n3)CC2)c1. The number of aromatic nitrogens is 2. The average molecular weight is 392 g/mol. The molecule has 0 spiro atoms. The van der Waals surface area contributed by atoms with Crippen molar-refractivity contribution < 1.29 is 14.3 Å². The molecule has 4 rings (SSSR count). The van der Waals surface area contributed by atoms with E-state index in [1.165, 1.54) is 0 Å². The van der Waals surface area contributed by atoms with Crippen LogP contribution in [0.3, 0.4) is 0 Å². The Morgan fingerprint density at radius 2 is 1.76 bits per heavy atom. The number of benzene rings is 2. The molecule has 1 aliphatic rings. The molecule has 0 atom stereocenters. The van der Waals surface area contributed by atoms with Crippen molar-refractivity contribution in [1.29, 1.82) is 0 Å². The van der Waals surface area contributed by atoms with Gasteiger partial charge < -0.3 is 14.4 Å². The second-order valence-corrected chi connectivity index (χ2v) is 6.99. The summed E-state index contributed by atoms with van der Waals surface area (Å²) >= 11 is 0. The molecule has 7 nitrogen and oxygen atoms in total. The summed E-state index contributed by atoms with van der Waals surface area (Å²) in [5.74, 6) is 1.59. The van der Waals surface area contributed by atoms with Crippen molar-refractivity contribution in [3.05, 3.63) is 59.9 Å². The smallest absolute Gasteiger partial charge is 0.274 e. The molecule has 0 N–H and O–H groups in total. The zero-order chi connectivity index (χ0) is 20.2. The Balaban J connectivity index is 1.40. The van der Waals surface area contributed by atoms with Gasteiger partial charge in [-0.2, -0.15) is 0 Å². The van der Waals surface area contributed by atoms with E-state index in [0.717, 1.165) is 47.7 Å². The lowest BCUT2D eigenvalue weighted by atomic mass is 10.1. The molecule has 29 heavy (non-hydrogen) atoms. The van der Waals surface area contributed by atoms with Gasteiger partial charge in [0.2, 0.25) is 0 Å². The molecule has 0 unspecified atom stereocenters. The minimum absolute atomic E-state index is 0.0677. The number of methoxy groups -OCH3 is 2. The molecule has 150 valence electrons. The van der Waals surface area contributed by atoms with Crippen LogP contribution in [0.5, 0.6) is 11.5 Å². The number of carbonyl (C=O) groups is 1. The van der Waals surface area contributed by atoms with Gasteiger partial charge in [-0.05, 0) is 30.3 Å². The van der Waals surface area contributed by atoms with Crippen molar-refractivity contribution in [3.63, 3.8) is 0 Å². The number of nitrogens with zero attached hydrogens (tertiary/aromatic N) is 4. The Bertz CT molecular complexity index is 1020. The summed E-state index contributed by atoms with van der Waals surface area (Å²) in [5.41, 5.74) is 3.00. The first-order valence-corrected chi connectivity index (χ1v) is 9.62. The molecule has 0 aliphatic carbocycles. The summed E-state index contributed by atoms with van der Waals surface area (Å²) in [5, 5.41) is 0. The van der Waals surface area contributed by atoms with E-state index in [9.17, 15) is 4.79 Å². The van der Waals surface area contributed by atoms with E-state index in [0.29, 0.717) is 18.8 Å². The third kappa shape index (κ3) is 4.14. The molecule has 1 fully saturated rings. The van der Waals surface area contributed by atoms with Crippen LogP contribution in [0.1, 0.15) is 16.1 Å². The first-order chi connectivity index (χ1) is 14.2. The number of hydrogen-bond donors (Lipinski definition) is 0. The Labute approximate surface area is 169 Å². The van der Waals surface area contributed by atoms with Crippen molar-refractivity contribution >= 4 is 16.9 Å². The van der Waals surface area contributed by atoms with Crippen LogP contribution in [-0.4, -0.2) is 66.1 Å². The van der Waals surface area contributed by atoms with Crippen molar-refractivity contribution in [2.24, 2.45) is 0 Å². The van der Waals surface area contributed by atoms with E-state index in [1.807, 2.05) is 47.4 Å². The van der Waals surface area contributed by atoms with Gasteiger partial charge >= 0.3 is 0 Å². The lowest BCUT2D eigenvalue weighted by molar-refractivity contribution is 0.0621. The van der Waals surface area contributed by atoms with Crippen molar-refractivity contribution in [2.45, 2.75) is 6.54 Å². The van der Waals surface area contributed by atoms with E-state index < -0.39 is 0 Å². The number of piperazine rings is 1. The molecule has 0 radical (unpaired) electrons. The quantitative estimate of drug-likeness (QED) is 0.665. The number of hydrogen-bond acceptors (Lipinski definition) is 6. The molecule has 1 aromatic heterocycles. The van der Waals surface area contributed by atoms with E-state index in [4.69, 9.17) is 9.47 Å². The van der Waals surface area contributed by atoms with Crippen LogP contribution >= 0.6 is 0 Å². The summed E-state index contributed by atoms with van der Waals surface area (Å²) in [4.78, 5) is 25.9. The van der Waals surface area contributed by atoms with Gasteiger partial charge in [0, 0.05) is 38.3 Å². The molecule has 0 bridgehead atoms. The molecule has 1 amide bonds. The Hall–Kier alpha value is -3.19. The Morgan fingerprint density at radius 1 is 1.00 bits per heavy atom. The van der Waals surface area contributed by atoms with Gasteiger partial charge in [-0.15, -0.1) is 0 Å². The van der Waals surface area contributed by atoms with Crippen molar-refractivity contribution in [2.75, 3.05) is 40.4 Å². The molecular formula is C22H24N4O3. The lowest BCUT2D eigenvalue weighted by Gasteiger charge is -2.34. The summed E-state index contributed by atoms with van der Waals surface area (Å²) in [6.45, 7) is 3.62. The third-order valence-electron chi connectivity index (χ3n) is 5.21. The predicted octanol–water partition coefficient (Wildman–Crippen LogP) is 2.61. The number of carbonyl (C=O) groups excluding carboxylic acids is 1. The third-order valence-corrected chi connectivity index (χ3v) is 5.21. The van der Waals surface area contributed by atoms with Crippen LogP contribution in [0, 0.1) is 0 Å². The summed E-state index contributed by atoms with van der Waals surface area (Å²) in [6.07, 6.45) is 1.57. The van der Waals surface area contributed by atoms with Crippen LogP contribution in [0.4, 0.5) is 0 Å². The molecule has 1 saturated heterocycles. The van der Waals surface area contributed by atoms with E-state index in [2.05, 4.69) is 14.9 Å². The molecule has 0 saturated carbocycles. The van der Waals surface area contributed by atoms with Gasteiger partial charge in [0.1, 0.15) is 17.2 Å². The van der Waals surface area contributed by atoms with Crippen LogP contribution < -0.4 is 9.47 Å². The maximum atomic E-state index is 12.9. The minimum Gasteiger partial charge on any atom is -0.497 e. The molecular weight excluding hydrogens is 368 g/mol. The first kappa shape index (κ1) is 19.1. The van der Waals surface area contributed by atoms with Crippen LogP contribution in [0.25, 0.3) is 11.0 Å². The normalized spacial score (nSPS) is 14.8. The monoisotopic (exact) mass is 392 g/mol. The van der Waals surface area contributed by atoms with Gasteiger partial charge in [0.25, 0.3) is 5.91 Å². The highest BCUT2D eigenvalue weighted by Crippen LogP contribution is 2.25. The summed E-state index contributed by atoms with van der Waals surface area (Å²) < 4.78 is 10.8. The fourth-order valence-corrected chi connectivity index (χ4v) is 3.58. The zero-order valence-electron chi connectivity index (χ0n) is 16.7. The number of amides is 1. The highest BCUT2D eigenvalue weighted by molar-refractivity contribution is 5.93. The van der Waals surface area contributed by atoms with Gasteiger partial charge in [-0.1, -0.05) is 12.1 Å². The first-order valence-electron chi connectivity index (χ1n) is 9.62. The van der Waals surface area contributed by atoms with Gasteiger partial charge in [-0.3, -0.25) is 14.7 Å². The van der Waals surface area contributed by atoms with Crippen LogP contribution in [0.15, 0.2) is 48.7 Å². The number of rotatable bonds is 5. The molecule has 2 aromatic carbocycles. The topological polar surface area (TPSA) is 67.8 Å². The molecule has 1 aliphatic heterocycles. The fourth-order valence-electron chi connectivity index (χ4n) is 3.58. The fraction of sp³-hybridized carbons (Fsp3) is 0.318. The summed E-state index contributed by atoms with van der Waals surface area (Å²) in [6, 6.07) is 13.4. The largest absolute Gasteiger partial charge is 0.497 e. The maximum absolute atomic E-state index is 12.9. The van der Waals surface area contributed by atoms with Gasteiger partial charge in [0.05, 0.1) is 31.4 Å². The highest BCUT2D eigenvalue weighted by atomic mass is 16.5. The average Bonchev–Trinajstić information content (AvgIpc) is 2.78. The van der Waals surface area contributed by atoms with Gasteiger partial charge in [-0.25, -0.2) is 4.98 Å². The second-order valence-electron chi connectivity index (χ2n) is 6.99. The van der Waals surface area contributed by atoms with Crippen LogP contribution in [-0.2, 0) is 6.54 Å². The highest BCUT2D eigenvalue weighted by Gasteiger charge is 2.24. The minimum atomic E-state index is -0.0677. The van der Waals surface area contributed by atoms with Crippen molar-refractivity contribution in [1.82, 2.24) is 19.8 Å². The standard InChI is InChI=1S/C22H24N4O3/c1-28-17-7-8-21(29-2)16(13-17)15-25-9-11-26(12-10-25)22(27)20-14-23-18-5-3-4-6-19(18)24-20/h3-8,13-14H,9-12,15H2,1-2H3. The predicted molar refractivity (Wildman–Crippen MR) is 110 cm³/mol. The van der Waals surface area contributed by atoms with Gasteiger partial charge in [0.15, 0.2) is 0 Å². The second kappa shape index (κ2) is 8.45. The maximum Gasteiger partial charge on any atom is 0.274 e. The molecule has 7 heteroatoms. The summed E-state index contributed by atoms with van der Waals surface area (Å²) in [7, 11) is 3.33. The van der Waals surface area contributed by atoms with Crippen molar-refractivity contribution in [3.8, 4) is 11.5 Å². The number of ether oxygens (including phenoxy) is 2. The molecule has 3 aromatic rings. The van der Waals surface area contributed by atoms with E-state index >= 15 is 0 Å². The Morgan fingerprint density at radius 3 is 2.48 bits per heavy atom. The number of para-hydroxylation sites is 2. The molecule has 2 heterocycles. The number of fused-ring (bicyclic) bond motifs is 1.